The third-order valence-corrected chi connectivity index (χ3v) is 2.89. The van der Waals surface area contributed by atoms with E-state index in [1.807, 2.05) is 11.8 Å². The van der Waals surface area contributed by atoms with Gasteiger partial charge in [0.25, 0.3) is 0 Å². The number of rotatable bonds is 7. The highest BCUT2D eigenvalue weighted by Crippen LogP contribution is 2.10. The fourth-order valence-corrected chi connectivity index (χ4v) is 2.15. The highest BCUT2D eigenvalue weighted by Gasteiger charge is 2.09. The Morgan fingerprint density at radius 1 is 1.33 bits per heavy atom. The molecule has 0 aromatic heterocycles. The van der Waals surface area contributed by atoms with Gasteiger partial charge < -0.3 is 0 Å². The van der Waals surface area contributed by atoms with Crippen LogP contribution in [0.1, 0.15) is 40.0 Å². The Kier molecular flexibility index (Phi) is 8.14. The third kappa shape index (κ3) is 5.04. The molecule has 0 aromatic rings. The quantitative estimate of drug-likeness (QED) is 0.566. The zero-order valence-corrected chi connectivity index (χ0v) is 9.78. The first-order valence-corrected chi connectivity index (χ1v) is 6.38. The Hall–Kier alpha value is 0.310. The normalized spacial score (nSPS) is 13.8. The molecule has 0 aliphatic heterocycles. The topological polar surface area (TPSA) is 3.24 Å². The molecule has 0 bridgehead atoms. The molecule has 1 nitrogen and oxygen atoms in total. The van der Waals surface area contributed by atoms with E-state index in [1.165, 1.54) is 31.7 Å². The molecule has 1 unspecified atom stereocenters. The van der Waals surface area contributed by atoms with Crippen LogP contribution in [0.3, 0.4) is 0 Å². The molecule has 74 valence electrons. The lowest BCUT2D eigenvalue weighted by molar-refractivity contribution is 0.244. The lowest BCUT2D eigenvalue weighted by Gasteiger charge is -2.26. The van der Waals surface area contributed by atoms with Gasteiger partial charge in [-0.15, -0.1) is 11.8 Å². The van der Waals surface area contributed by atoms with Gasteiger partial charge in [-0.05, 0) is 26.1 Å². The van der Waals surface area contributed by atoms with Gasteiger partial charge in [0.2, 0.25) is 0 Å². The van der Waals surface area contributed by atoms with Crippen molar-refractivity contribution in [1.82, 2.24) is 4.90 Å². The number of hydrogen-bond donors (Lipinski definition) is 0. The zero-order chi connectivity index (χ0) is 9.40. The van der Waals surface area contributed by atoms with Crippen LogP contribution in [0.5, 0.6) is 0 Å². The van der Waals surface area contributed by atoms with E-state index in [0.29, 0.717) is 0 Å². The Balaban J connectivity index is 3.60. The Labute approximate surface area is 81.9 Å². The fourth-order valence-electron chi connectivity index (χ4n) is 1.38. The monoisotopic (exact) mass is 189 g/mol. The minimum absolute atomic E-state index is 0.766. The minimum atomic E-state index is 0.766. The molecule has 0 aromatic carbocycles. The van der Waals surface area contributed by atoms with E-state index in [9.17, 15) is 0 Å². The summed E-state index contributed by atoms with van der Waals surface area (Å²) in [5.41, 5.74) is 0. The SMILES string of the molecule is CCCCC(C)N(CC)CSC. The van der Waals surface area contributed by atoms with Gasteiger partial charge in [-0.25, -0.2) is 0 Å². The summed E-state index contributed by atoms with van der Waals surface area (Å²) in [5.74, 6) is 1.18. The van der Waals surface area contributed by atoms with Gasteiger partial charge in [0.05, 0.1) is 0 Å². The Morgan fingerprint density at radius 2 is 2.00 bits per heavy atom. The Morgan fingerprint density at radius 3 is 2.42 bits per heavy atom. The third-order valence-electron chi connectivity index (χ3n) is 2.30. The van der Waals surface area contributed by atoms with Crippen LogP contribution in [0.2, 0.25) is 0 Å². The van der Waals surface area contributed by atoms with Crippen molar-refractivity contribution in [2.75, 3.05) is 18.7 Å². The van der Waals surface area contributed by atoms with Crippen molar-refractivity contribution in [3.63, 3.8) is 0 Å². The summed E-state index contributed by atoms with van der Waals surface area (Å²) in [5, 5.41) is 0. The maximum Gasteiger partial charge on any atom is 0.0444 e. The van der Waals surface area contributed by atoms with Crippen LogP contribution >= 0.6 is 11.8 Å². The van der Waals surface area contributed by atoms with Crippen LogP contribution in [-0.4, -0.2) is 29.6 Å². The smallest absolute Gasteiger partial charge is 0.0444 e. The molecule has 0 N–H and O–H groups in total. The lowest BCUT2D eigenvalue weighted by atomic mass is 10.1. The molecule has 0 radical (unpaired) electrons. The van der Waals surface area contributed by atoms with E-state index in [1.54, 1.807) is 0 Å². The summed E-state index contributed by atoms with van der Waals surface area (Å²) < 4.78 is 0. The summed E-state index contributed by atoms with van der Waals surface area (Å²) >= 11 is 1.92. The molecule has 0 amide bonds. The van der Waals surface area contributed by atoms with E-state index in [2.05, 4.69) is 31.9 Å². The summed E-state index contributed by atoms with van der Waals surface area (Å²) in [4.78, 5) is 2.54. The van der Waals surface area contributed by atoms with Gasteiger partial charge in [0, 0.05) is 11.9 Å². The van der Waals surface area contributed by atoms with E-state index >= 15 is 0 Å². The predicted molar refractivity (Wildman–Crippen MR) is 59.7 cm³/mol. The molecule has 0 spiro atoms. The molecular formula is C10H23NS. The van der Waals surface area contributed by atoms with Crippen LogP contribution in [0.25, 0.3) is 0 Å². The fraction of sp³-hybridized carbons (Fsp3) is 1.00. The molecule has 2 heteroatoms. The van der Waals surface area contributed by atoms with Gasteiger partial charge in [0.1, 0.15) is 0 Å². The van der Waals surface area contributed by atoms with Gasteiger partial charge in [-0.3, -0.25) is 4.90 Å². The highest BCUT2D eigenvalue weighted by molar-refractivity contribution is 7.98. The van der Waals surface area contributed by atoms with Crippen molar-refractivity contribution in [3.05, 3.63) is 0 Å². The molecule has 0 aliphatic rings. The molecule has 0 rings (SSSR count). The minimum Gasteiger partial charge on any atom is -0.292 e. The number of thioether (sulfide) groups is 1. The van der Waals surface area contributed by atoms with Crippen molar-refractivity contribution < 1.29 is 0 Å². The summed E-state index contributed by atoms with van der Waals surface area (Å²) in [7, 11) is 0. The Bertz CT molecular complexity index is 95.8. The second-order valence-electron chi connectivity index (χ2n) is 3.31. The molecule has 12 heavy (non-hydrogen) atoms. The summed E-state index contributed by atoms with van der Waals surface area (Å²) in [6.45, 7) is 8.04. The van der Waals surface area contributed by atoms with E-state index in [0.717, 1.165) is 6.04 Å². The number of nitrogens with zero attached hydrogens (tertiary/aromatic N) is 1. The zero-order valence-electron chi connectivity index (χ0n) is 8.97. The number of hydrogen-bond acceptors (Lipinski definition) is 2. The maximum atomic E-state index is 2.54. The summed E-state index contributed by atoms with van der Waals surface area (Å²) in [6.07, 6.45) is 6.22. The second kappa shape index (κ2) is 7.93. The largest absolute Gasteiger partial charge is 0.292 e. The van der Waals surface area contributed by atoms with Crippen LogP contribution < -0.4 is 0 Å². The molecule has 0 saturated heterocycles. The first-order valence-electron chi connectivity index (χ1n) is 4.99. The second-order valence-corrected chi connectivity index (χ2v) is 4.15. The molecule has 0 heterocycles. The van der Waals surface area contributed by atoms with Gasteiger partial charge in [-0.1, -0.05) is 26.7 Å². The van der Waals surface area contributed by atoms with E-state index in [4.69, 9.17) is 0 Å². The first kappa shape index (κ1) is 12.3. The van der Waals surface area contributed by atoms with Crippen molar-refractivity contribution in [3.8, 4) is 0 Å². The van der Waals surface area contributed by atoms with Gasteiger partial charge in [-0.2, -0.15) is 0 Å². The molecule has 1 atom stereocenters. The van der Waals surface area contributed by atoms with Crippen molar-refractivity contribution in [2.24, 2.45) is 0 Å². The van der Waals surface area contributed by atoms with Gasteiger partial charge >= 0.3 is 0 Å². The lowest BCUT2D eigenvalue weighted by Crippen LogP contribution is -2.32. The molecule has 0 aliphatic carbocycles. The van der Waals surface area contributed by atoms with Crippen molar-refractivity contribution >= 4 is 11.8 Å². The van der Waals surface area contributed by atoms with Crippen LogP contribution in [-0.2, 0) is 0 Å². The standard InChI is InChI=1S/C10H23NS/c1-5-7-8-10(3)11(6-2)9-12-4/h10H,5-9H2,1-4H3. The summed E-state index contributed by atoms with van der Waals surface area (Å²) in [6, 6.07) is 0.766. The van der Waals surface area contributed by atoms with Crippen LogP contribution in [0, 0.1) is 0 Å². The van der Waals surface area contributed by atoms with Crippen molar-refractivity contribution in [1.29, 1.82) is 0 Å². The van der Waals surface area contributed by atoms with E-state index < -0.39 is 0 Å². The highest BCUT2D eigenvalue weighted by atomic mass is 32.2. The molecule has 0 saturated carbocycles. The molecular weight excluding hydrogens is 166 g/mol. The maximum absolute atomic E-state index is 2.54. The van der Waals surface area contributed by atoms with Crippen LogP contribution in [0.4, 0.5) is 0 Å². The number of unbranched alkanes of at least 4 members (excludes halogenated alkanes) is 1. The first-order chi connectivity index (χ1) is 5.76. The van der Waals surface area contributed by atoms with E-state index in [-0.39, 0.29) is 0 Å². The predicted octanol–water partition coefficient (Wildman–Crippen LogP) is 3.21. The molecule has 0 fully saturated rings. The van der Waals surface area contributed by atoms with Crippen molar-refractivity contribution in [2.45, 2.75) is 46.1 Å². The average Bonchev–Trinajstić information content (AvgIpc) is 2.10. The van der Waals surface area contributed by atoms with Crippen LogP contribution in [0.15, 0.2) is 0 Å². The van der Waals surface area contributed by atoms with Gasteiger partial charge in [0.15, 0.2) is 0 Å². The average molecular weight is 189 g/mol.